The zero-order valence-electron chi connectivity index (χ0n) is 15.8. The molecular weight excluding hydrogens is 338 g/mol. The van der Waals surface area contributed by atoms with E-state index in [-0.39, 0.29) is 10.8 Å². The van der Waals surface area contributed by atoms with E-state index in [0.717, 1.165) is 0 Å². The molecular formula is C18H29N3O3S. The minimum Gasteiger partial charge on any atom is -0.336 e. The van der Waals surface area contributed by atoms with Gasteiger partial charge in [0.05, 0.1) is 4.90 Å². The van der Waals surface area contributed by atoms with Crippen molar-refractivity contribution in [1.82, 2.24) is 14.1 Å². The second kappa shape index (κ2) is 7.85. The molecule has 0 N–H and O–H groups in total. The quantitative estimate of drug-likeness (QED) is 0.797. The van der Waals surface area contributed by atoms with Gasteiger partial charge in [-0.3, -0.25) is 9.69 Å². The number of likely N-dealkylation sites (N-methyl/N-ethyl adjacent to an activating group) is 1. The Morgan fingerprint density at radius 1 is 1.08 bits per heavy atom. The Morgan fingerprint density at radius 3 is 2.00 bits per heavy atom. The van der Waals surface area contributed by atoms with Crippen molar-refractivity contribution >= 4 is 15.9 Å². The molecule has 0 radical (unpaired) electrons. The first-order valence-corrected chi connectivity index (χ1v) is 10.3. The number of piperazine rings is 1. The molecule has 1 amide bonds. The van der Waals surface area contributed by atoms with E-state index in [1.165, 1.54) is 16.4 Å². The number of carbonyl (C=O) groups excluding carboxylic acids is 1. The zero-order valence-corrected chi connectivity index (χ0v) is 16.6. The maximum absolute atomic E-state index is 12.8. The average Bonchev–Trinajstić information content (AvgIpc) is 2.59. The number of sulfonamides is 1. The Labute approximate surface area is 151 Å². The number of hydrogen-bond donors (Lipinski definition) is 0. The fourth-order valence-corrected chi connectivity index (χ4v) is 4.69. The summed E-state index contributed by atoms with van der Waals surface area (Å²) in [4.78, 5) is 17.1. The van der Waals surface area contributed by atoms with E-state index >= 15 is 0 Å². The van der Waals surface area contributed by atoms with Crippen LogP contribution >= 0.6 is 0 Å². The zero-order chi connectivity index (χ0) is 18.8. The van der Waals surface area contributed by atoms with Crippen LogP contribution in [0.2, 0.25) is 0 Å². The van der Waals surface area contributed by atoms with E-state index in [0.29, 0.717) is 43.8 Å². The summed E-state index contributed by atoms with van der Waals surface area (Å²) in [6, 6.07) is 6.90. The fraction of sp³-hybridized carbons (Fsp3) is 0.611. The lowest BCUT2D eigenvalue weighted by molar-refractivity contribution is 0.0414. The third-order valence-electron chi connectivity index (χ3n) is 5.09. The van der Waals surface area contributed by atoms with Crippen LogP contribution in [0.3, 0.4) is 0 Å². The Balaban J connectivity index is 2.18. The lowest BCUT2D eigenvalue weighted by atomic mass is 10.1. The van der Waals surface area contributed by atoms with Gasteiger partial charge in [0.2, 0.25) is 10.0 Å². The van der Waals surface area contributed by atoms with Crippen LogP contribution in [0.25, 0.3) is 0 Å². The molecule has 140 valence electrons. The van der Waals surface area contributed by atoms with E-state index in [2.05, 4.69) is 25.8 Å². The van der Waals surface area contributed by atoms with Gasteiger partial charge in [-0.05, 0) is 45.2 Å². The number of rotatable bonds is 5. The smallest absolute Gasteiger partial charge is 0.253 e. The van der Waals surface area contributed by atoms with Crippen molar-refractivity contribution in [2.75, 3.05) is 33.2 Å². The summed E-state index contributed by atoms with van der Waals surface area (Å²) in [7, 11) is -1.42. The van der Waals surface area contributed by atoms with Crippen molar-refractivity contribution in [2.24, 2.45) is 0 Å². The minimum absolute atomic E-state index is 0.0430. The molecule has 0 aliphatic carbocycles. The molecule has 0 aromatic heterocycles. The molecule has 2 rings (SSSR count). The molecule has 6 nitrogen and oxygen atoms in total. The molecule has 1 fully saturated rings. The molecule has 2 unspecified atom stereocenters. The SMILES string of the molecule is CCN(CC)S(=O)(=O)c1ccc(C(=O)N2CC(C)N(C)C(C)C2)cc1. The molecule has 7 heteroatoms. The first kappa shape index (κ1) is 19.9. The minimum atomic E-state index is -3.49. The first-order chi connectivity index (χ1) is 11.7. The van der Waals surface area contributed by atoms with Crippen LogP contribution in [-0.2, 0) is 10.0 Å². The van der Waals surface area contributed by atoms with Crippen molar-refractivity contribution in [3.8, 4) is 0 Å². The summed E-state index contributed by atoms with van der Waals surface area (Å²) >= 11 is 0. The van der Waals surface area contributed by atoms with Gasteiger partial charge in [0, 0.05) is 43.8 Å². The number of hydrogen-bond acceptors (Lipinski definition) is 4. The van der Waals surface area contributed by atoms with E-state index in [9.17, 15) is 13.2 Å². The van der Waals surface area contributed by atoms with Crippen molar-refractivity contribution < 1.29 is 13.2 Å². The molecule has 0 bridgehead atoms. The molecule has 1 aromatic rings. The Hall–Kier alpha value is -1.44. The van der Waals surface area contributed by atoms with E-state index in [1.54, 1.807) is 12.1 Å². The topological polar surface area (TPSA) is 60.9 Å². The van der Waals surface area contributed by atoms with Crippen LogP contribution in [0.15, 0.2) is 29.2 Å². The summed E-state index contributed by atoms with van der Waals surface area (Å²) in [5.41, 5.74) is 0.530. The van der Waals surface area contributed by atoms with Crippen LogP contribution in [0.1, 0.15) is 38.1 Å². The molecule has 1 aliphatic heterocycles. The average molecular weight is 368 g/mol. The summed E-state index contributed by atoms with van der Waals surface area (Å²) in [6.07, 6.45) is 0. The molecule has 2 atom stereocenters. The van der Waals surface area contributed by atoms with Crippen molar-refractivity contribution in [2.45, 2.75) is 44.7 Å². The highest BCUT2D eigenvalue weighted by Crippen LogP contribution is 2.19. The van der Waals surface area contributed by atoms with Gasteiger partial charge in [-0.1, -0.05) is 13.8 Å². The first-order valence-electron chi connectivity index (χ1n) is 8.83. The van der Waals surface area contributed by atoms with E-state index < -0.39 is 10.0 Å². The normalized spacial score (nSPS) is 22.4. The molecule has 0 spiro atoms. The molecule has 1 aliphatic rings. The van der Waals surface area contributed by atoms with Gasteiger partial charge in [0.1, 0.15) is 0 Å². The van der Waals surface area contributed by atoms with E-state index in [4.69, 9.17) is 0 Å². The summed E-state index contributed by atoms with van der Waals surface area (Å²) in [5, 5.41) is 0. The van der Waals surface area contributed by atoms with Crippen LogP contribution in [0.5, 0.6) is 0 Å². The van der Waals surface area contributed by atoms with Gasteiger partial charge in [0.25, 0.3) is 5.91 Å². The number of benzene rings is 1. The van der Waals surface area contributed by atoms with Gasteiger partial charge >= 0.3 is 0 Å². The van der Waals surface area contributed by atoms with Crippen LogP contribution in [0.4, 0.5) is 0 Å². The maximum Gasteiger partial charge on any atom is 0.253 e. The van der Waals surface area contributed by atoms with Crippen molar-refractivity contribution in [1.29, 1.82) is 0 Å². The summed E-state index contributed by atoms with van der Waals surface area (Å²) < 4.78 is 26.5. The van der Waals surface area contributed by atoms with Crippen LogP contribution < -0.4 is 0 Å². The summed E-state index contributed by atoms with van der Waals surface area (Å²) in [5.74, 6) is -0.0430. The number of carbonyl (C=O) groups is 1. The highest BCUT2D eigenvalue weighted by Gasteiger charge is 2.30. The highest BCUT2D eigenvalue weighted by atomic mass is 32.2. The monoisotopic (exact) mass is 367 g/mol. The lowest BCUT2D eigenvalue weighted by Gasteiger charge is -2.42. The van der Waals surface area contributed by atoms with Gasteiger partial charge in [0.15, 0.2) is 0 Å². The van der Waals surface area contributed by atoms with Gasteiger partial charge in [-0.25, -0.2) is 8.42 Å². The third-order valence-corrected chi connectivity index (χ3v) is 7.16. The Morgan fingerprint density at radius 2 is 1.56 bits per heavy atom. The number of amides is 1. The maximum atomic E-state index is 12.8. The fourth-order valence-electron chi connectivity index (χ4n) is 3.23. The standard InChI is InChI=1S/C18H29N3O3S/c1-6-21(7-2)25(23,24)17-10-8-16(9-11-17)18(22)20-12-14(3)19(5)15(4)13-20/h8-11,14-15H,6-7,12-13H2,1-5H3. The predicted octanol–water partition coefficient (Wildman–Crippen LogP) is 1.88. The van der Waals surface area contributed by atoms with Crippen molar-refractivity contribution in [3.63, 3.8) is 0 Å². The largest absolute Gasteiger partial charge is 0.336 e. The van der Waals surface area contributed by atoms with Gasteiger partial charge in [-0.2, -0.15) is 4.31 Å². The molecule has 25 heavy (non-hydrogen) atoms. The molecule has 1 aromatic carbocycles. The van der Waals surface area contributed by atoms with Crippen molar-refractivity contribution in [3.05, 3.63) is 29.8 Å². The molecule has 1 saturated heterocycles. The Kier molecular flexibility index (Phi) is 6.24. The van der Waals surface area contributed by atoms with Gasteiger partial charge < -0.3 is 4.90 Å². The van der Waals surface area contributed by atoms with Crippen LogP contribution in [0, 0.1) is 0 Å². The third kappa shape index (κ3) is 4.04. The van der Waals surface area contributed by atoms with Gasteiger partial charge in [-0.15, -0.1) is 0 Å². The number of nitrogens with zero attached hydrogens (tertiary/aromatic N) is 3. The lowest BCUT2D eigenvalue weighted by Crippen LogP contribution is -2.56. The van der Waals surface area contributed by atoms with Crippen LogP contribution in [-0.4, -0.2) is 73.7 Å². The highest BCUT2D eigenvalue weighted by molar-refractivity contribution is 7.89. The summed E-state index contributed by atoms with van der Waals surface area (Å²) in [6.45, 7) is 10.1. The van der Waals surface area contributed by atoms with E-state index in [1.807, 2.05) is 18.7 Å². The molecule has 0 saturated carbocycles. The Bertz CT molecular complexity index is 687. The molecule has 1 heterocycles. The second-order valence-corrected chi connectivity index (χ2v) is 8.63. The second-order valence-electron chi connectivity index (χ2n) is 6.69. The predicted molar refractivity (Wildman–Crippen MR) is 99.1 cm³/mol.